The van der Waals surface area contributed by atoms with Crippen LogP contribution in [-0.2, 0) is 16.9 Å². The van der Waals surface area contributed by atoms with E-state index in [9.17, 15) is 9.90 Å². The molecule has 4 nitrogen and oxygen atoms in total. The summed E-state index contributed by atoms with van der Waals surface area (Å²) >= 11 is 0. The highest BCUT2D eigenvalue weighted by atomic mass is 16.6. The third-order valence-electron chi connectivity index (χ3n) is 3.92. The molecule has 1 N–H and O–H groups in total. The van der Waals surface area contributed by atoms with Crippen molar-refractivity contribution in [1.82, 2.24) is 4.90 Å². The molecule has 0 heterocycles. The summed E-state index contributed by atoms with van der Waals surface area (Å²) in [5, 5.41) is 9.79. The number of likely N-dealkylation sites (N-methyl/N-ethyl adjacent to an activating group) is 1. The highest BCUT2D eigenvalue weighted by Crippen LogP contribution is 2.27. The zero-order valence-electron chi connectivity index (χ0n) is 12.9. The molecule has 2 aromatic rings. The standard InChI is InChI=1S/C18H21NO3/c1-18(14-20,16-11-7-4-8-12-16)19(2)17(21)22-13-15-9-5-3-6-10-15/h3-12,20H,13-14H2,1-2H3. The maximum absolute atomic E-state index is 12.3. The molecule has 0 aromatic heterocycles. The van der Waals surface area contributed by atoms with Gasteiger partial charge in [-0.25, -0.2) is 4.79 Å². The Morgan fingerprint density at radius 2 is 1.64 bits per heavy atom. The molecule has 2 aromatic carbocycles. The third kappa shape index (κ3) is 3.46. The van der Waals surface area contributed by atoms with Crippen LogP contribution in [0.4, 0.5) is 4.79 Å². The molecule has 2 rings (SSSR count). The fourth-order valence-corrected chi connectivity index (χ4v) is 2.21. The third-order valence-corrected chi connectivity index (χ3v) is 3.92. The summed E-state index contributed by atoms with van der Waals surface area (Å²) < 4.78 is 5.34. The minimum absolute atomic E-state index is 0.187. The van der Waals surface area contributed by atoms with Gasteiger partial charge in [0.1, 0.15) is 6.61 Å². The molecular weight excluding hydrogens is 278 g/mol. The lowest BCUT2D eigenvalue weighted by atomic mass is 9.91. The van der Waals surface area contributed by atoms with Crippen molar-refractivity contribution in [3.8, 4) is 0 Å². The number of carbonyl (C=O) groups excluding carboxylic acids is 1. The molecule has 0 radical (unpaired) electrons. The number of nitrogens with zero attached hydrogens (tertiary/aromatic N) is 1. The molecule has 4 heteroatoms. The van der Waals surface area contributed by atoms with E-state index in [0.29, 0.717) is 0 Å². The van der Waals surface area contributed by atoms with E-state index in [0.717, 1.165) is 11.1 Å². The zero-order valence-corrected chi connectivity index (χ0v) is 12.9. The fourth-order valence-electron chi connectivity index (χ4n) is 2.21. The minimum Gasteiger partial charge on any atom is -0.445 e. The largest absolute Gasteiger partial charge is 0.445 e. The molecule has 22 heavy (non-hydrogen) atoms. The summed E-state index contributed by atoms with van der Waals surface area (Å²) in [5.74, 6) is 0. The SMILES string of the molecule is CN(C(=O)OCc1ccccc1)C(C)(CO)c1ccccc1. The first-order chi connectivity index (χ1) is 10.6. The van der Waals surface area contributed by atoms with Crippen LogP contribution in [0, 0.1) is 0 Å². The second-order valence-electron chi connectivity index (χ2n) is 5.40. The normalized spacial score (nSPS) is 13.2. The fraction of sp³-hybridized carbons (Fsp3) is 0.278. The van der Waals surface area contributed by atoms with Crippen molar-refractivity contribution in [3.05, 3.63) is 71.8 Å². The first-order valence-corrected chi connectivity index (χ1v) is 7.19. The van der Waals surface area contributed by atoms with Crippen LogP contribution in [-0.4, -0.2) is 29.8 Å². The first-order valence-electron chi connectivity index (χ1n) is 7.19. The molecule has 1 atom stereocenters. The summed E-state index contributed by atoms with van der Waals surface area (Å²) in [6.07, 6.45) is -0.468. The summed E-state index contributed by atoms with van der Waals surface area (Å²) in [6.45, 7) is 1.83. The molecule has 0 bridgehead atoms. The molecule has 0 saturated heterocycles. The van der Waals surface area contributed by atoms with E-state index in [4.69, 9.17) is 4.74 Å². The summed E-state index contributed by atoms with van der Waals surface area (Å²) in [6, 6.07) is 18.9. The van der Waals surface area contributed by atoms with Crippen molar-refractivity contribution < 1.29 is 14.6 Å². The molecular formula is C18H21NO3. The van der Waals surface area contributed by atoms with E-state index in [2.05, 4.69) is 0 Å². The van der Waals surface area contributed by atoms with Gasteiger partial charge in [0.25, 0.3) is 0 Å². The molecule has 1 unspecified atom stereocenters. The predicted molar refractivity (Wildman–Crippen MR) is 85.3 cm³/mol. The van der Waals surface area contributed by atoms with Crippen molar-refractivity contribution in [3.63, 3.8) is 0 Å². The number of amides is 1. The predicted octanol–water partition coefficient (Wildman–Crippen LogP) is 3.16. The van der Waals surface area contributed by atoms with Crippen molar-refractivity contribution in [1.29, 1.82) is 0 Å². The molecule has 0 aliphatic carbocycles. The average molecular weight is 299 g/mol. The molecule has 116 valence electrons. The number of carbonyl (C=O) groups is 1. The number of hydrogen-bond donors (Lipinski definition) is 1. The number of rotatable bonds is 5. The van der Waals surface area contributed by atoms with E-state index >= 15 is 0 Å². The summed E-state index contributed by atoms with van der Waals surface area (Å²) in [4.78, 5) is 13.7. The lowest BCUT2D eigenvalue weighted by Gasteiger charge is -2.37. The Labute approximate surface area is 131 Å². The Bertz CT molecular complexity index is 600. The van der Waals surface area contributed by atoms with Gasteiger partial charge in [-0.05, 0) is 18.1 Å². The Morgan fingerprint density at radius 3 is 2.18 bits per heavy atom. The van der Waals surface area contributed by atoms with Gasteiger partial charge in [0.2, 0.25) is 0 Å². The smallest absolute Gasteiger partial charge is 0.410 e. The van der Waals surface area contributed by atoms with Crippen LogP contribution in [0.2, 0.25) is 0 Å². The lowest BCUT2D eigenvalue weighted by Crippen LogP contribution is -2.47. The Morgan fingerprint density at radius 1 is 1.09 bits per heavy atom. The van der Waals surface area contributed by atoms with Gasteiger partial charge in [-0.1, -0.05) is 60.7 Å². The maximum Gasteiger partial charge on any atom is 0.410 e. The topological polar surface area (TPSA) is 49.8 Å². The average Bonchev–Trinajstić information content (AvgIpc) is 2.60. The van der Waals surface area contributed by atoms with Gasteiger partial charge < -0.3 is 9.84 Å². The van der Waals surface area contributed by atoms with Gasteiger partial charge in [-0.15, -0.1) is 0 Å². The molecule has 0 saturated carbocycles. The number of hydrogen-bond acceptors (Lipinski definition) is 3. The van der Waals surface area contributed by atoms with Crippen molar-refractivity contribution >= 4 is 6.09 Å². The second kappa shape index (κ2) is 7.09. The highest BCUT2D eigenvalue weighted by molar-refractivity contribution is 5.68. The lowest BCUT2D eigenvalue weighted by molar-refractivity contribution is 0.0353. The number of aliphatic hydroxyl groups is 1. The number of benzene rings is 2. The van der Waals surface area contributed by atoms with Crippen LogP contribution in [0.15, 0.2) is 60.7 Å². The van der Waals surface area contributed by atoms with Gasteiger partial charge in [-0.2, -0.15) is 0 Å². The quantitative estimate of drug-likeness (QED) is 0.922. The zero-order chi connectivity index (χ0) is 16.0. The van der Waals surface area contributed by atoms with Crippen molar-refractivity contribution in [2.75, 3.05) is 13.7 Å². The van der Waals surface area contributed by atoms with E-state index in [1.807, 2.05) is 67.6 Å². The number of aliphatic hydroxyl groups excluding tert-OH is 1. The second-order valence-corrected chi connectivity index (χ2v) is 5.40. The van der Waals surface area contributed by atoms with Gasteiger partial charge >= 0.3 is 6.09 Å². The van der Waals surface area contributed by atoms with Crippen LogP contribution in [0.5, 0.6) is 0 Å². The van der Waals surface area contributed by atoms with Gasteiger partial charge in [0.05, 0.1) is 12.1 Å². The van der Waals surface area contributed by atoms with Crippen LogP contribution in [0.3, 0.4) is 0 Å². The van der Waals surface area contributed by atoms with Crippen LogP contribution in [0.1, 0.15) is 18.1 Å². The molecule has 0 fully saturated rings. The Hall–Kier alpha value is -2.33. The van der Waals surface area contributed by atoms with E-state index in [1.165, 1.54) is 4.90 Å². The Kier molecular flexibility index (Phi) is 5.17. The number of ether oxygens (including phenoxy) is 1. The van der Waals surface area contributed by atoms with Crippen molar-refractivity contribution in [2.24, 2.45) is 0 Å². The molecule has 1 amide bonds. The molecule has 0 aliphatic heterocycles. The maximum atomic E-state index is 12.3. The minimum atomic E-state index is -0.824. The van der Waals surface area contributed by atoms with Gasteiger partial charge in [-0.3, -0.25) is 4.90 Å². The van der Waals surface area contributed by atoms with E-state index in [-0.39, 0.29) is 13.2 Å². The summed E-state index contributed by atoms with van der Waals surface area (Å²) in [7, 11) is 1.64. The van der Waals surface area contributed by atoms with Crippen LogP contribution in [0.25, 0.3) is 0 Å². The van der Waals surface area contributed by atoms with E-state index < -0.39 is 11.6 Å². The highest BCUT2D eigenvalue weighted by Gasteiger charge is 2.34. The molecule has 0 spiro atoms. The summed E-state index contributed by atoms with van der Waals surface area (Å²) in [5.41, 5.74) is 0.959. The molecule has 0 aliphatic rings. The van der Waals surface area contributed by atoms with Crippen molar-refractivity contribution in [2.45, 2.75) is 19.1 Å². The monoisotopic (exact) mass is 299 g/mol. The first kappa shape index (κ1) is 16.0. The van der Waals surface area contributed by atoms with Crippen LogP contribution >= 0.6 is 0 Å². The van der Waals surface area contributed by atoms with Gasteiger partial charge in [0, 0.05) is 7.05 Å². The van der Waals surface area contributed by atoms with E-state index in [1.54, 1.807) is 7.05 Å². The Balaban J connectivity index is 2.08. The van der Waals surface area contributed by atoms with Crippen LogP contribution < -0.4 is 0 Å². The van der Waals surface area contributed by atoms with Gasteiger partial charge in [0.15, 0.2) is 0 Å².